The van der Waals surface area contributed by atoms with Crippen molar-refractivity contribution in [2.45, 2.75) is 44.7 Å². The highest BCUT2D eigenvalue weighted by Gasteiger charge is 2.48. The molecule has 0 radical (unpaired) electrons. The van der Waals surface area contributed by atoms with Crippen LogP contribution in [0.25, 0.3) is 0 Å². The fourth-order valence-electron chi connectivity index (χ4n) is 4.30. The topological polar surface area (TPSA) is 71.0 Å². The van der Waals surface area contributed by atoms with Gasteiger partial charge in [-0.05, 0) is 44.7 Å². The van der Waals surface area contributed by atoms with Crippen molar-refractivity contribution < 1.29 is 14.3 Å². The summed E-state index contributed by atoms with van der Waals surface area (Å²) >= 11 is 0. The molecule has 2 aliphatic rings. The number of anilines is 1. The molecule has 1 aliphatic heterocycles. The summed E-state index contributed by atoms with van der Waals surface area (Å²) in [6.07, 6.45) is 4.73. The van der Waals surface area contributed by atoms with E-state index in [1.54, 1.807) is 24.1 Å². The number of hydrogen-bond donors (Lipinski definition) is 1. The predicted molar refractivity (Wildman–Crippen MR) is 117 cm³/mol. The monoisotopic (exact) mass is 405 g/mol. The Morgan fingerprint density at radius 3 is 2.57 bits per heavy atom. The van der Waals surface area contributed by atoms with E-state index in [0.717, 1.165) is 43.2 Å². The molecule has 0 saturated heterocycles. The van der Waals surface area contributed by atoms with Crippen molar-refractivity contribution in [3.63, 3.8) is 0 Å². The van der Waals surface area contributed by atoms with E-state index in [0.29, 0.717) is 17.1 Å². The maximum absolute atomic E-state index is 13.3. The molecule has 0 unspecified atom stereocenters. The van der Waals surface area contributed by atoms with Crippen molar-refractivity contribution >= 4 is 23.2 Å². The van der Waals surface area contributed by atoms with Gasteiger partial charge in [0.25, 0.3) is 5.91 Å². The minimum absolute atomic E-state index is 0.0189. The minimum atomic E-state index is -0.610. The lowest BCUT2D eigenvalue weighted by molar-refractivity contribution is -0.134. The summed E-state index contributed by atoms with van der Waals surface area (Å²) in [5, 5.41) is 2.88. The number of amides is 2. The summed E-state index contributed by atoms with van der Waals surface area (Å²) in [5.74, 6) is 0.266. The van der Waals surface area contributed by atoms with Crippen LogP contribution in [0.15, 0.2) is 53.5 Å². The summed E-state index contributed by atoms with van der Waals surface area (Å²) in [6, 6.07) is 15.0. The number of methoxy groups -OCH3 is 1. The smallest absolute Gasteiger partial charge is 0.275 e. The summed E-state index contributed by atoms with van der Waals surface area (Å²) in [7, 11) is 1.58. The highest BCUT2D eigenvalue weighted by Crippen LogP contribution is 2.39. The fraction of sp³-hybridized carbons (Fsp3) is 0.375. The van der Waals surface area contributed by atoms with Crippen LogP contribution < -0.4 is 10.1 Å². The van der Waals surface area contributed by atoms with E-state index in [9.17, 15) is 9.59 Å². The summed E-state index contributed by atoms with van der Waals surface area (Å²) in [6.45, 7) is 1.99. The van der Waals surface area contributed by atoms with E-state index in [-0.39, 0.29) is 18.4 Å². The highest BCUT2D eigenvalue weighted by molar-refractivity contribution is 6.47. The Morgan fingerprint density at radius 2 is 1.87 bits per heavy atom. The lowest BCUT2D eigenvalue weighted by Gasteiger charge is -2.38. The number of aliphatic imine (C=N–C) groups is 1. The number of carbonyl (C=O) groups is 2. The molecule has 0 bridgehead atoms. The van der Waals surface area contributed by atoms with Gasteiger partial charge in [-0.15, -0.1) is 0 Å². The number of nitrogens with zero attached hydrogens (tertiary/aromatic N) is 2. The maximum Gasteiger partial charge on any atom is 0.275 e. The zero-order valence-electron chi connectivity index (χ0n) is 17.5. The van der Waals surface area contributed by atoms with Gasteiger partial charge in [-0.3, -0.25) is 14.6 Å². The molecule has 1 spiro atoms. The SMILES string of the molecule is COc1cccc(NC(=O)CN2C(=O)C(c3ccc(C)cc3)=NC23CCCCC3)c1. The Balaban J connectivity index is 1.57. The third kappa shape index (κ3) is 3.95. The first-order valence-corrected chi connectivity index (χ1v) is 10.4. The van der Waals surface area contributed by atoms with Gasteiger partial charge in [0.1, 0.15) is 23.7 Å². The van der Waals surface area contributed by atoms with Crippen LogP contribution in [0.3, 0.4) is 0 Å². The zero-order chi connectivity index (χ0) is 21.1. The lowest BCUT2D eigenvalue weighted by atomic mass is 9.88. The van der Waals surface area contributed by atoms with Crippen molar-refractivity contribution in [1.82, 2.24) is 4.90 Å². The molecule has 2 amide bonds. The van der Waals surface area contributed by atoms with E-state index < -0.39 is 5.66 Å². The number of ether oxygens (including phenoxy) is 1. The van der Waals surface area contributed by atoms with Gasteiger partial charge in [-0.1, -0.05) is 42.3 Å². The molecule has 4 rings (SSSR count). The van der Waals surface area contributed by atoms with Crippen molar-refractivity contribution in [3.05, 3.63) is 59.7 Å². The van der Waals surface area contributed by atoms with Crippen molar-refractivity contribution in [2.24, 2.45) is 4.99 Å². The van der Waals surface area contributed by atoms with Gasteiger partial charge in [0, 0.05) is 17.3 Å². The molecular formula is C24H27N3O3. The van der Waals surface area contributed by atoms with Crippen LogP contribution in [0.2, 0.25) is 0 Å². The normalized spacial score (nSPS) is 17.7. The highest BCUT2D eigenvalue weighted by atomic mass is 16.5. The van der Waals surface area contributed by atoms with Crippen molar-refractivity contribution in [1.29, 1.82) is 0 Å². The molecule has 156 valence electrons. The predicted octanol–water partition coefficient (Wildman–Crippen LogP) is 3.93. The third-order valence-electron chi connectivity index (χ3n) is 5.90. The molecule has 30 heavy (non-hydrogen) atoms. The lowest BCUT2D eigenvalue weighted by Crippen LogP contribution is -2.51. The Hall–Kier alpha value is -3.15. The minimum Gasteiger partial charge on any atom is -0.497 e. The summed E-state index contributed by atoms with van der Waals surface area (Å²) in [5.41, 5.74) is 2.44. The number of aryl methyl sites for hydroxylation is 1. The van der Waals surface area contributed by atoms with Gasteiger partial charge in [0.15, 0.2) is 0 Å². The summed E-state index contributed by atoms with van der Waals surface area (Å²) < 4.78 is 5.21. The van der Waals surface area contributed by atoms with Gasteiger partial charge in [0.2, 0.25) is 5.91 Å². The van der Waals surface area contributed by atoms with Gasteiger partial charge < -0.3 is 15.0 Å². The molecule has 6 heteroatoms. The molecule has 1 N–H and O–H groups in total. The summed E-state index contributed by atoms with van der Waals surface area (Å²) in [4.78, 5) is 32.8. The molecule has 0 aromatic heterocycles. The van der Waals surface area contributed by atoms with Crippen LogP contribution >= 0.6 is 0 Å². The van der Waals surface area contributed by atoms with Crippen LogP contribution in [-0.2, 0) is 9.59 Å². The quantitative estimate of drug-likeness (QED) is 0.819. The van der Waals surface area contributed by atoms with Crippen LogP contribution in [0, 0.1) is 6.92 Å². The largest absolute Gasteiger partial charge is 0.497 e. The van der Waals surface area contributed by atoms with Crippen LogP contribution in [0.1, 0.15) is 43.2 Å². The number of nitrogens with one attached hydrogen (secondary N) is 1. The van der Waals surface area contributed by atoms with Gasteiger partial charge in [-0.25, -0.2) is 0 Å². The Morgan fingerprint density at radius 1 is 1.13 bits per heavy atom. The maximum atomic E-state index is 13.3. The molecule has 2 aromatic carbocycles. The average Bonchev–Trinajstić information content (AvgIpc) is 3.01. The van der Waals surface area contributed by atoms with Gasteiger partial charge in [-0.2, -0.15) is 0 Å². The molecule has 1 heterocycles. The van der Waals surface area contributed by atoms with Crippen LogP contribution in [-0.4, -0.2) is 41.7 Å². The molecule has 2 aromatic rings. The van der Waals surface area contributed by atoms with Gasteiger partial charge in [0.05, 0.1) is 7.11 Å². The first-order chi connectivity index (χ1) is 14.5. The Labute approximate surface area is 176 Å². The van der Waals surface area contributed by atoms with Crippen molar-refractivity contribution in [3.8, 4) is 5.75 Å². The standard InChI is InChI=1S/C24H27N3O3/c1-17-9-11-18(12-10-17)22-23(29)27(24(26-22)13-4-3-5-14-24)16-21(28)25-19-7-6-8-20(15-19)30-2/h6-12,15H,3-5,13-14,16H2,1-2H3,(H,25,28). The Bertz CT molecular complexity index is 975. The van der Waals surface area contributed by atoms with Gasteiger partial charge >= 0.3 is 0 Å². The van der Waals surface area contributed by atoms with Crippen LogP contribution in [0.4, 0.5) is 5.69 Å². The van der Waals surface area contributed by atoms with E-state index in [2.05, 4.69) is 5.32 Å². The first kappa shape index (κ1) is 20.1. The second-order valence-corrected chi connectivity index (χ2v) is 8.04. The Kier molecular flexibility index (Phi) is 5.57. The first-order valence-electron chi connectivity index (χ1n) is 10.4. The number of rotatable bonds is 5. The molecular weight excluding hydrogens is 378 g/mol. The third-order valence-corrected chi connectivity index (χ3v) is 5.90. The molecule has 6 nitrogen and oxygen atoms in total. The van der Waals surface area contributed by atoms with E-state index in [1.165, 1.54) is 0 Å². The van der Waals surface area contributed by atoms with E-state index >= 15 is 0 Å². The zero-order valence-corrected chi connectivity index (χ0v) is 17.5. The van der Waals surface area contributed by atoms with E-state index in [1.807, 2.05) is 43.3 Å². The number of hydrogen-bond acceptors (Lipinski definition) is 4. The molecule has 1 saturated carbocycles. The fourth-order valence-corrected chi connectivity index (χ4v) is 4.30. The molecule has 1 fully saturated rings. The average molecular weight is 405 g/mol. The molecule has 1 aliphatic carbocycles. The van der Waals surface area contributed by atoms with Crippen molar-refractivity contribution in [2.75, 3.05) is 19.0 Å². The van der Waals surface area contributed by atoms with E-state index in [4.69, 9.17) is 9.73 Å². The van der Waals surface area contributed by atoms with Crippen LogP contribution in [0.5, 0.6) is 5.75 Å². The number of carbonyl (C=O) groups excluding carboxylic acids is 2. The number of benzene rings is 2. The second-order valence-electron chi connectivity index (χ2n) is 8.04. The second kappa shape index (κ2) is 8.30. The molecule has 0 atom stereocenters.